The van der Waals surface area contributed by atoms with Gasteiger partial charge in [-0.25, -0.2) is 8.42 Å². The van der Waals surface area contributed by atoms with Gasteiger partial charge in [-0.2, -0.15) is 0 Å². The minimum atomic E-state index is -3.33. The molecular formula is C8H9NO4S. The lowest BCUT2D eigenvalue weighted by Crippen LogP contribution is -2.00. The second-order valence-electron chi connectivity index (χ2n) is 2.71. The van der Waals surface area contributed by atoms with E-state index in [2.05, 4.69) is 5.32 Å². The van der Waals surface area contributed by atoms with Gasteiger partial charge < -0.3 is 10.4 Å². The molecular weight excluding hydrogens is 206 g/mol. The molecule has 6 heteroatoms. The van der Waals surface area contributed by atoms with Crippen molar-refractivity contribution in [1.82, 2.24) is 0 Å². The van der Waals surface area contributed by atoms with Crippen molar-refractivity contribution in [2.24, 2.45) is 0 Å². The fourth-order valence-electron chi connectivity index (χ4n) is 0.925. The van der Waals surface area contributed by atoms with Crippen LogP contribution in [0.25, 0.3) is 0 Å². The maximum absolute atomic E-state index is 11.1. The number of sulfone groups is 1. The average Bonchev–Trinajstić information content (AvgIpc) is 2.07. The Kier molecular flexibility index (Phi) is 2.76. The van der Waals surface area contributed by atoms with Crippen LogP contribution in [0.4, 0.5) is 5.69 Å². The molecule has 0 atom stereocenters. The molecule has 5 nitrogen and oxygen atoms in total. The zero-order valence-corrected chi connectivity index (χ0v) is 8.21. The Hall–Kier alpha value is -1.56. The summed E-state index contributed by atoms with van der Waals surface area (Å²) in [6.45, 7) is 0. The molecule has 1 amide bonds. The predicted octanol–water partition coefficient (Wildman–Crippen LogP) is 0.364. The smallest absolute Gasteiger partial charge is 0.211 e. The summed E-state index contributed by atoms with van der Waals surface area (Å²) < 4.78 is 22.2. The highest BCUT2D eigenvalue weighted by atomic mass is 32.2. The van der Waals surface area contributed by atoms with Gasteiger partial charge in [-0.15, -0.1) is 0 Å². The van der Waals surface area contributed by atoms with E-state index >= 15 is 0 Å². The molecule has 1 rings (SSSR count). The summed E-state index contributed by atoms with van der Waals surface area (Å²) >= 11 is 0. The zero-order chi connectivity index (χ0) is 10.8. The number of nitrogens with one attached hydrogen (secondary N) is 1. The maximum atomic E-state index is 11.1. The van der Waals surface area contributed by atoms with E-state index in [9.17, 15) is 18.3 Å². The van der Waals surface area contributed by atoms with Crippen LogP contribution < -0.4 is 5.32 Å². The number of phenolic OH excluding ortho intramolecular Hbond substituents is 1. The summed E-state index contributed by atoms with van der Waals surface area (Å²) in [5, 5.41) is 11.4. The molecule has 0 radical (unpaired) electrons. The third kappa shape index (κ3) is 2.23. The van der Waals surface area contributed by atoms with Gasteiger partial charge in [-0.05, 0) is 18.2 Å². The largest absolute Gasteiger partial charge is 0.506 e. The van der Waals surface area contributed by atoms with Crippen molar-refractivity contribution in [1.29, 1.82) is 0 Å². The minimum absolute atomic E-state index is 0.0413. The summed E-state index contributed by atoms with van der Waals surface area (Å²) in [4.78, 5) is 10.2. The Morgan fingerprint density at radius 1 is 1.43 bits per heavy atom. The summed E-state index contributed by atoms with van der Waals surface area (Å²) in [5.74, 6) is -0.176. The number of phenols is 1. The van der Waals surface area contributed by atoms with Crippen LogP contribution in [0.5, 0.6) is 5.75 Å². The van der Waals surface area contributed by atoms with Crippen molar-refractivity contribution in [3.63, 3.8) is 0 Å². The standard InChI is InChI=1S/C8H9NO4S/c1-14(12,13)6-2-3-8(11)7(4-6)9-5-10/h2-5,11H,1H3,(H,9,10). The SMILES string of the molecule is CS(=O)(=O)c1ccc(O)c(NC=O)c1. The molecule has 0 aromatic heterocycles. The number of hydrogen-bond donors (Lipinski definition) is 2. The number of amides is 1. The zero-order valence-electron chi connectivity index (χ0n) is 7.39. The molecule has 0 heterocycles. The first-order valence-electron chi connectivity index (χ1n) is 3.68. The van der Waals surface area contributed by atoms with Gasteiger partial charge in [-0.1, -0.05) is 0 Å². The van der Waals surface area contributed by atoms with Gasteiger partial charge >= 0.3 is 0 Å². The molecule has 0 unspecified atom stereocenters. The van der Waals surface area contributed by atoms with E-state index in [1.54, 1.807) is 0 Å². The second-order valence-corrected chi connectivity index (χ2v) is 4.73. The van der Waals surface area contributed by atoms with Crippen molar-refractivity contribution in [3.05, 3.63) is 18.2 Å². The summed E-state index contributed by atoms with van der Waals surface area (Å²) in [6.07, 6.45) is 1.41. The monoisotopic (exact) mass is 215 g/mol. The molecule has 0 aliphatic rings. The number of carbonyl (C=O) groups excluding carboxylic acids is 1. The van der Waals surface area contributed by atoms with Crippen molar-refractivity contribution in [3.8, 4) is 5.75 Å². The number of rotatable bonds is 3. The number of aromatic hydroxyl groups is 1. The Balaban J connectivity index is 3.26. The minimum Gasteiger partial charge on any atom is -0.506 e. The number of benzene rings is 1. The highest BCUT2D eigenvalue weighted by molar-refractivity contribution is 7.90. The van der Waals surface area contributed by atoms with Gasteiger partial charge in [0, 0.05) is 6.26 Å². The average molecular weight is 215 g/mol. The van der Waals surface area contributed by atoms with Gasteiger partial charge in [0.05, 0.1) is 10.6 Å². The third-order valence-electron chi connectivity index (χ3n) is 1.61. The normalized spacial score (nSPS) is 10.9. The maximum Gasteiger partial charge on any atom is 0.211 e. The van der Waals surface area contributed by atoms with Crippen LogP contribution in [-0.4, -0.2) is 26.2 Å². The molecule has 76 valence electrons. The van der Waals surface area contributed by atoms with Crippen LogP contribution in [-0.2, 0) is 14.6 Å². The molecule has 0 saturated carbocycles. The molecule has 1 aromatic carbocycles. The predicted molar refractivity (Wildman–Crippen MR) is 50.9 cm³/mol. The van der Waals surface area contributed by atoms with Crippen LogP contribution >= 0.6 is 0 Å². The first-order valence-corrected chi connectivity index (χ1v) is 5.57. The van der Waals surface area contributed by atoms with Crippen molar-refractivity contribution < 1.29 is 18.3 Å². The van der Waals surface area contributed by atoms with E-state index in [1.807, 2.05) is 0 Å². The fraction of sp³-hybridized carbons (Fsp3) is 0.125. The topological polar surface area (TPSA) is 83.5 Å². The molecule has 0 fully saturated rings. The Bertz CT molecular complexity index is 452. The molecule has 0 aliphatic heterocycles. The molecule has 0 saturated heterocycles. The van der Waals surface area contributed by atoms with Crippen LogP contribution in [0, 0.1) is 0 Å². The lowest BCUT2D eigenvalue weighted by Gasteiger charge is -2.04. The second kappa shape index (κ2) is 3.67. The summed E-state index contributed by atoms with van der Waals surface area (Å²) in [6, 6.07) is 3.67. The van der Waals surface area contributed by atoms with Crippen LogP contribution in [0.15, 0.2) is 23.1 Å². The molecule has 14 heavy (non-hydrogen) atoms. The van der Waals surface area contributed by atoms with Crippen molar-refractivity contribution in [2.45, 2.75) is 4.90 Å². The van der Waals surface area contributed by atoms with Crippen molar-refractivity contribution >= 4 is 21.9 Å². The first kappa shape index (κ1) is 10.5. The van der Waals surface area contributed by atoms with Crippen LogP contribution in [0.3, 0.4) is 0 Å². The number of anilines is 1. The lowest BCUT2D eigenvalue weighted by molar-refractivity contribution is -0.105. The van der Waals surface area contributed by atoms with Gasteiger partial charge in [0.1, 0.15) is 5.75 Å². The van der Waals surface area contributed by atoms with E-state index in [0.29, 0.717) is 6.41 Å². The summed E-state index contributed by atoms with van der Waals surface area (Å²) in [7, 11) is -3.33. The Labute approximate surface area is 81.3 Å². The molecule has 1 aromatic rings. The molecule has 2 N–H and O–H groups in total. The Morgan fingerprint density at radius 3 is 2.57 bits per heavy atom. The molecule has 0 spiro atoms. The van der Waals surface area contributed by atoms with Crippen LogP contribution in [0.2, 0.25) is 0 Å². The van der Waals surface area contributed by atoms with E-state index in [1.165, 1.54) is 18.2 Å². The van der Waals surface area contributed by atoms with Crippen LogP contribution in [0.1, 0.15) is 0 Å². The summed E-state index contributed by atoms with van der Waals surface area (Å²) in [5.41, 5.74) is 0.0722. The third-order valence-corrected chi connectivity index (χ3v) is 2.72. The van der Waals surface area contributed by atoms with Crippen molar-refractivity contribution in [2.75, 3.05) is 11.6 Å². The van der Waals surface area contributed by atoms with E-state index < -0.39 is 9.84 Å². The quantitative estimate of drug-likeness (QED) is 0.563. The van der Waals surface area contributed by atoms with E-state index in [-0.39, 0.29) is 16.3 Å². The molecule has 0 aliphatic carbocycles. The Morgan fingerprint density at radius 2 is 2.07 bits per heavy atom. The highest BCUT2D eigenvalue weighted by Crippen LogP contribution is 2.25. The van der Waals surface area contributed by atoms with Gasteiger partial charge in [0.25, 0.3) is 0 Å². The number of carbonyl (C=O) groups is 1. The van der Waals surface area contributed by atoms with E-state index in [0.717, 1.165) is 6.26 Å². The van der Waals surface area contributed by atoms with Gasteiger partial charge in [0.2, 0.25) is 6.41 Å². The first-order chi connectivity index (χ1) is 6.45. The molecule has 0 bridgehead atoms. The lowest BCUT2D eigenvalue weighted by atomic mass is 10.3. The fourth-order valence-corrected chi connectivity index (χ4v) is 1.57. The van der Waals surface area contributed by atoms with E-state index in [4.69, 9.17) is 0 Å². The van der Waals surface area contributed by atoms with Gasteiger partial charge in [-0.3, -0.25) is 4.79 Å². The highest BCUT2D eigenvalue weighted by Gasteiger charge is 2.09. The number of hydrogen-bond acceptors (Lipinski definition) is 4. The van der Waals surface area contributed by atoms with Gasteiger partial charge in [0.15, 0.2) is 9.84 Å².